The topological polar surface area (TPSA) is 81.4 Å². The summed E-state index contributed by atoms with van der Waals surface area (Å²) in [7, 11) is 1.32. The van der Waals surface area contributed by atoms with Gasteiger partial charge in [-0.1, -0.05) is 41.4 Å². The molecule has 1 aromatic rings. The lowest BCUT2D eigenvalue weighted by Crippen LogP contribution is -2.42. The fraction of sp³-hybridized carbons (Fsp3) is 0.467. The smallest absolute Gasteiger partial charge is 0.307 e. The van der Waals surface area contributed by atoms with E-state index in [1.807, 2.05) is 31.2 Å². The van der Waals surface area contributed by atoms with Gasteiger partial charge in [0.1, 0.15) is 0 Å². The van der Waals surface area contributed by atoms with Crippen molar-refractivity contribution in [3.8, 4) is 0 Å². The molecule has 0 saturated heterocycles. The summed E-state index contributed by atoms with van der Waals surface area (Å²) >= 11 is 3.38. The first-order valence-electron chi connectivity index (χ1n) is 6.86. The monoisotopic (exact) mass is 356 g/mol. The minimum atomic E-state index is -0.567. The third-order valence-electron chi connectivity index (χ3n) is 3.10. The molecular formula is C15H21BrN2O3. The molecule has 2 atom stereocenters. The van der Waals surface area contributed by atoms with E-state index in [9.17, 15) is 9.59 Å². The quantitative estimate of drug-likeness (QED) is 0.734. The second-order valence-corrected chi connectivity index (χ2v) is 5.71. The van der Waals surface area contributed by atoms with Crippen molar-refractivity contribution in [2.45, 2.75) is 38.3 Å². The zero-order valence-electron chi connectivity index (χ0n) is 12.3. The van der Waals surface area contributed by atoms with Crippen LogP contribution in [-0.4, -0.2) is 25.0 Å². The molecule has 2 unspecified atom stereocenters. The maximum atomic E-state index is 12.1. The Morgan fingerprint density at radius 2 is 2.14 bits per heavy atom. The highest BCUT2D eigenvalue weighted by Gasteiger charge is 2.22. The number of rotatable bonds is 7. The lowest BCUT2D eigenvalue weighted by atomic mass is 10.0. The summed E-state index contributed by atoms with van der Waals surface area (Å²) in [6, 6.07) is 6.42. The van der Waals surface area contributed by atoms with Gasteiger partial charge in [0.05, 0.1) is 25.6 Å². The van der Waals surface area contributed by atoms with Crippen LogP contribution >= 0.6 is 15.9 Å². The molecule has 21 heavy (non-hydrogen) atoms. The van der Waals surface area contributed by atoms with Gasteiger partial charge in [0.25, 0.3) is 0 Å². The Labute approximate surface area is 133 Å². The third-order valence-corrected chi connectivity index (χ3v) is 3.60. The van der Waals surface area contributed by atoms with Gasteiger partial charge < -0.3 is 15.8 Å². The fourth-order valence-electron chi connectivity index (χ4n) is 1.95. The number of methoxy groups -OCH3 is 1. The second-order valence-electron chi connectivity index (χ2n) is 4.79. The average Bonchev–Trinajstić information content (AvgIpc) is 2.46. The summed E-state index contributed by atoms with van der Waals surface area (Å²) in [5.74, 6) is -0.643. The number of nitrogens with two attached hydrogens (primary N) is 1. The lowest BCUT2D eigenvalue weighted by Gasteiger charge is -2.20. The molecular weight excluding hydrogens is 336 g/mol. The van der Waals surface area contributed by atoms with Crippen LogP contribution in [-0.2, 0) is 14.3 Å². The number of hydrogen-bond acceptors (Lipinski definition) is 4. The van der Waals surface area contributed by atoms with Crippen molar-refractivity contribution >= 4 is 27.8 Å². The van der Waals surface area contributed by atoms with Gasteiger partial charge in [0.2, 0.25) is 5.91 Å². The molecule has 0 aromatic heterocycles. The molecule has 0 aliphatic rings. The summed E-state index contributed by atoms with van der Waals surface area (Å²) in [6.07, 6.45) is 1.50. The summed E-state index contributed by atoms with van der Waals surface area (Å²) < 4.78 is 5.57. The Bertz CT molecular complexity index is 494. The van der Waals surface area contributed by atoms with Crippen LogP contribution < -0.4 is 11.1 Å². The van der Waals surface area contributed by atoms with Gasteiger partial charge in [0, 0.05) is 4.47 Å². The maximum absolute atomic E-state index is 12.1. The van der Waals surface area contributed by atoms with Crippen LogP contribution in [0.1, 0.15) is 37.8 Å². The standard InChI is InChI=1S/C15H21BrN2O3/c1-3-5-12(17)15(20)18-13(9-14(19)21-2)10-6-4-7-11(16)8-10/h4,6-8,12-13H,3,5,9,17H2,1-2H3,(H,18,20). The Balaban J connectivity index is 2.87. The molecule has 1 rings (SSSR count). The van der Waals surface area contributed by atoms with Crippen LogP contribution in [0.25, 0.3) is 0 Å². The normalized spacial score (nSPS) is 13.3. The molecule has 6 heteroatoms. The molecule has 3 N–H and O–H groups in total. The van der Waals surface area contributed by atoms with E-state index in [-0.39, 0.29) is 18.3 Å². The highest BCUT2D eigenvalue weighted by Crippen LogP contribution is 2.21. The average molecular weight is 357 g/mol. The number of ether oxygens (including phenoxy) is 1. The number of hydrogen-bond donors (Lipinski definition) is 2. The molecule has 1 aromatic carbocycles. The van der Waals surface area contributed by atoms with Crippen molar-refractivity contribution < 1.29 is 14.3 Å². The number of carbonyl (C=O) groups is 2. The van der Waals surface area contributed by atoms with Crippen LogP contribution in [0.15, 0.2) is 28.7 Å². The van der Waals surface area contributed by atoms with Gasteiger partial charge in [0.15, 0.2) is 0 Å². The molecule has 0 heterocycles. The van der Waals surface area contributed by atoms with Crippen molar-refractivity contribution in [1.29, 1.82) is 0 Å². The molecule has 0 spiro atoms. The number of amides is 1. The summed E-state index contributed by atoms with van der Waals surface area (Å²) in [6.45, 7) is 1.97. The first-order valence-corrected chi connectivity index (χ1v) is 7.65. The lowest BCUT2D eigenvalue weighted by molar-refractivity contribution is -0.141. The van der Waals surface area contributed by atoms with Gasteiger partial charge in [-0.05, 0) is 24.1 Å². The summed E-state index contributed by atoms with van der Waals surface area (Å²) in [5.41, 5.74) is 6.64. The van der Waals surface area contributed by atoms with Crippen molar-refractivity contribution in [2.24, 2.45) is 5.73 Å². The van der Waals surface area contributed by atoms with Crippen LogP contribution in [0, 0.1) is 0 Å². The highest BCUT2D eigenvalue weighted by molar-refractivity contribution is 9.10. The molecule has 0 aliphatic heterocycles. The van der Waals surface area contributed by atoms with Crippen LogP contribution in [0.2, 0.25) is 0 Å². The first kappa shape index (κ1) is 17.7. The molecule has 5 nitrogen and oxygen atoms in total. The molecule has 1 amide bonds. The summed E-state index contributed by atoms with van der Waals surface area (Å²) in [4.78, 5) is 23.6. The molecule has 0 saturated carbocycles. The number of benzene rings is 1. The first-order chi connectivity index (χ1) is 9.97. The molecule has 0 bridgehead atoms. The summed E-state index contributed by atoms with van der Waals surface area (Å²) in [5, 5.41) is 2.82. The Kier molecular flexibility index (Phi) is 7.39. The molecule has 0 fully saturated rings. The molecule has 116 valence electrons. The van der Waals surface area contributed by atoms with E-state index in [1.54, 1.807) is 0 Å². The van der Waals surface area contributed by atoms with E-state index in [2.05, 4.69) is 26.0 Å². The largest absolute Gasteiger partial charge is 0.469 e. The van der Waals surface area contributed by atoms with Crippen molar-refractivity contribution in [2.75, 3.05) is 7.11 Å². The third kappa shape index (κ3) is 5.85. The van der Waals surface area contributed by atoms with Crippen LogP contribution in [0.5, 0.6) is 0 Å². The molecule has 0 aliphatic carbocycles. The van der Waals surface area contributed by atoms with Gasteiger partial charge in [-0.25, -0.2) is 0 Å². The Hall–Kier alpha value is -1.40. The van der Waals surface area contributed by atoms with Gasteiger partial charge in [-0.3, -0.25) is 9.59 Å². The van der Waals surface area contributed by atoms with Crippen LogP contribution in [0.4, 0.5) is 0 Å². The van der Waals surface area contributed by atoms with Gasteiger partial charge in [-0.15, -0.1) is 0 Å². The predicted molar refractivity (Wildman–Crippen MR) is 84.5 cm³/mol. The van der Waals surface area contributed by atoms with Crippen LogP contribution in [0.3, 0.4) is 0 Å². The minimum Gasteiger partial charge on any atom is -0.469 e. The number of esters is 1. The van der Waals surface area contributed by atoms with Gasteiger partial charge in [-0.2, -0.15) is 0 Å². The number of halogens is 1. The van der Waals surface area contributed by atoms with Crippen molar-refractivity contribution in [1.82, 2.24) is 5.32 Å². The number of carbonyl (C=O) groups excluding carboxylic acids is 2. The zero-order chi connectivity index (χ0) is 15.8. The van der Waals surface area contributed by atoms with Gasteiger partial charge >= 0.3 is 5.97 Å². The van der Waals surface area contributed by atoms with Crippen molar-refractivity contribution in [3.63, 3.8) is 0 Å². The SMILES string of the molecule is CCCC(N)C(=O)NC(CC(=O)OC)c1cccc(Br)c1. The zero-order valence-corrected chi connectivity index (χ0v) is 13.9. The second kappa shape index (κ2) is 8.79. The van der Waals surface area contributed by atoms with E-state index >= 15 is 0 Å². The Morgan fingerprint density at radius 3 is 2.71 bits per heavy atom. The van der Waals surface area contributed by atoms with E-state index in [0.717, 1.165) is 16.5 Å². The minimum absolute atomic E-state index is 0.0670. The molecule has 0 radical (unpaired) electrons. The Morgan fingerprint density at radius 1 is 1.43 bits per heavy atom. The van der Waals surface area contributed by atoms with E-state index in [1.165, 1.54) is 7.11 Å². The van der Waals surface area contributed by atoms with E-state index in [4.69, 9.17) is 5.73 Å². The predicted octanol–water partition coefficient (Wildman–Crippen LogP) is 2.30. The number of nitrogens with one attached hydrogen (secondary N) is 1. The van der Waals surface area contributed by atoms with E-state index in [0.29, 0.717) is 6.42 Å². The fourth-order valence-corrected chi connectivity index (χ4v) is 2.36. The highest BCUT2D eigenvalue weighted by atomic mass is 79.9. The van der Waals surface area contributed by atoms with Crippen molar-refractivity contribution in [3.05, 3.63) is 34.3 Å². The maximum Gasteiger partial charge on any atom is 0.307 e. The van der Waals surface area contributed by atoms with E-state index < -0.39 is 12.1 Å².